The molecule has 2 aromatic carbocycles. The number of hydrogen-bond donors (Lipinski definition) is 2. The van der Waals surface area contributed by atoms with Crippen LogP contribution in [0.2, 0.25) is 5.02 Å². The highest BCUT2D eigenvalue weighted by Crippen LogP contribution is 2.42. The molecule has 1 amide bonds. The first kappa shape index (κ1) is 22.6. The standard InChI is InChI=1S/C24H26ClN3O3S/c1-24(17-6-8-18(25)9-7-17)14-20(22(26)21(15-24)23(27)29)16-4-10-19(11-5-16)32(30,31)28-12-2-3-13-28/h4-11,14H,2-3,12-13,15,26H2,1H3,(H2,27,29). The highest BCUT2D eigenvalue weighted by molar-refractivity contribution is 7.89. The van der Waals surface area contributed by atoms with Crippen LogP contribution >= 0.6 is 11.6 Å². The lowest BCUT2D eigenvalue weighted by Crippen LogP contribution is -2.31. The van der Waals surface area contributed by atoms with Gasteiger partial charge in [-0.1, -0.05) is 48.9 Å². The number of allylic oxidation sites excluding steroid dienone is 2. The highest BCUT2D eigenvalue weighted by Gasteiger charge is 2.34. The van der Waals surface area contributed by atoms with Gasteiger partial charge in [-0.25, -0.2) is 8.42 Å². The lowest BCUT2D eigenvalue weighted by Gasteiger charge is -2.33. The van der Waals surface area contributed by atoms with Crippen molar-refractivity contribution in [3.63, 3.8) is 0 Å². The monoisotopic (exact) mass is 471 g/mol. The molecule has 4 rings (SSSR count). The van der Waals surface area contributed by atoms with Gasteiger partial charge in [-0.05, 0) is 54.7 Å². The van der Waals surface area contributed by atoms with Crippen LogP contribution in [0.4, 0.5) is 0 Å². The van der Waals surface area contributed by atoms with Gasteiger partial charge in [-0.3, -0.25) is 4.79 Å². The molecule has 0 radical (unpaired) electrons. The van der Waals surface area contributed by atoms with E-state index in [1.807, 2.05) is 25.1 Å². The van der Waals surface area contributed by atoms with Gasteiger partial charge in [0.15, 0.2) is 0 Å². The zero-order valence-corrected chi connectivity index (χ0v) is 19.4. The topological polar surface area (TPSA) is 106 Å². The molecule has 168 valence electrons. The number of carbonyl (C=O) groups is 1. The second-order valence-electron chi connectivity index (χ2n) is 8.55. The van der Waals surface area contributed by atoms with E-state index < -0.39 is 21.3 Å². The van der Waals surface area contributed by atoms with Crippen molar-refractivity contribution in [1.29, 1.82) is 0 Å². The van der Waals surface area contributed by atoms with Crippen molar-refractivity contribution < 1.29 is 13.2 Å². The second kappa shape index (κ2) is 8.39. The molecule has 1 aliphatic heterocycles. The van der Waals surface area contributed by atoms with Gasteiger partial charge in [0.25, 0.3) is 0 Å². The molecule has 1 fully saturated rings. The number of amides is 1. The van der Waals surface area contributed by atoms with E-state index in [0.29, 0.717) is 41.4 Å². The van der Waals surface area contributed by atoms with E-state index in [9.17, 15) is 13.2 Å². The van der Waals surface area contributed by atoms with Crippen LogP contribution in [0.3, 0.4) is 0 Å². The van der Waals surface area contributed by atoms with E-state index in [2.05, 4.69) is 0 Å². The van der Waals surface area contributed by atoms with E-state index in [1.165, 1.54) is 4.31 Å². The first-order valence-corrected chi connectivity index (χ1v) is 12.3. The van der Waals surface area contributed by atoms with E-state index in [4.69, 9.17) is 23.1 Å². The Morgan fingerprint density at radius 2 is 1.62 bits per heavy atom. The Morgan fingerprint density at radius 3 is 2.19 bits per heavy atom. The minimum absolute atomic E-state index is 0.248. The summed E-state index contributed by atoms with van der Waals surface area (Å²) in [5, 5.41) is 0.623. The lowest BCUT2D eigenvalue weighted by molar-refractivity contribution is -0.114. The summed E-state index contributed by atoms with van der Waals surface area (Å²) >= 11 is 6.05. The molecule has 0 saturated carbocycles. The SMILES string of the molecule is CC1(c2ccc(Cl)cc2)C=C(c2ccc(S(=O)(=O)N3CCCC3)cc2)C(N)=C(C(N)=O)C1. The molecule has 32 heavy (non-hydrogen) atoms. The smallest absolute Gasteiger partial charge is 0.246 e. The van der Waals surface area contributed by atoms with Gasteiger partial charge in [0, 0.05) is 40.4 Å². The number of primary amides is 1. The Morgan fingerprint density at radius 1 is 1.03 bits per heavy atom. The van der Waals surface area contributed by atoms with Crippen LogP contribution in [0.5, 0.6) is 0 Å². The van der Waals surface area contributed by atoms with Gasteiger partial charge >= 0.3 is 0 Å². The molecule has 0 spiro atoms. The van der Waals surface area contributed by atoms with Crippen molar-refractivity contribution in [3.05, 3.63) is 82.0 Å². The molecule has 0 aromatic heterocycles. The molecule has 2 aromatic rings. The maximum absolute atomic E-state index is 12.8. The average molecular weight is 472 g/mol. The van der Waals surface area contributed by atoms with Crippen LogP contribution in [0, 0.1) is 0 Å². The van der Waals surface area contributed by atoms with Gasteiger partial charge in [0.2, 0.25) is 15.9 Å². The summed E-state index contributed by atoms with van der Waals surface area (Å²) in [6.45, 7) is 3.11. The number of nitrogens with zero attached hydrogens (tertiary/aromatic N) is 1. The predicted octanol–water partition coefficient (Wildman–Crippen LogP) is 3.57. The van der Waals surface area contributed by atoms with Crippen LogP contribution in [0.1, 0.15) is 37.3 Å². The van der Waals surface area contributed by atoms with E-state index in [1.54, 1.807) is 36.4 Å². The number of rotatable bonds is 5. The Balaban J connectivity index is 1.76. The van der Waals surface area contributed by atoms with E-state index in [0.717, 1.165) is 24.0 Å². The van der Waals surface area contributed by atoms with Crippen molar-refractivity contribution in [2.45, 2.75) is 36.5 Å². The molecule has 4 N–H and O–H groups in total. The molecule has 1 aliphatic carbocycles. The van der Waals surface area contributed by atoms with Crippen LogP contribution < -0.4 is 11.5 Å². The Kier molecular flexibility index (Phi) is 5.92. The fraction of sp³-hybridized carbons (Fsp3) is 0.292. The molecule has 8 heteroatoms. The number of hydrogen-bond acceptors (Lipinski definition) is 4. The van der Waals surface area contributed by atoms with Crippen molar-refractivity contribution in [1.82, 2.24) is 4.31 Å². The predicted molar refractivity (Wildman–Crippen MR) is 126 cm³/mol. The maximum atomic E-state index is 12.8. The van der Waals surface area contributed by atoms with Crippen molar-refractivity contribution in [3.8, 4) is 0 Å². The minimum Gasteiger partial charge on any atom is -0.398 e. The number of sulfonamides is 1. The van der Waals surface area contributed by atoms with Crippen LogP contribution in [-0.2, 0) is 20.2 Å². The summed E-state index contributed by atoms with van der Waals surface area (Å²) in [6.07, 6.45) is 4.14. The van der Waals surface area contributed by atoms with Crippen molar-refractivity contribution in [2.75, 3.05) is 13.1 Å². The molecule has 1 heterocycles. The van der Waals surface area contributed by atoms with E-state index >= 15 is 0 Å². The van der Waals surface area contributed by atoms with Crippen molar-refractivity contribution >= 4 is 33.1 Å². The third-order valence-corrected chi connectivity index (χ3v) is 8.46. The van der Waals surface area contributed by atoms with Crippen LogP contribution in [-0.4, -0.2) is 31.7 Å². The summed E-state index contributed by atoms with van der Waals surface area (Å²) in [5.41, 5.74) is 14.5. The first-order valence-electron chi connectivity index (χ1n) is 10.5. The fourth-order valence-corrected chi connectivity index (χ4v) is 6.07. The first-order chi connectivity index (χ1) is 15.1. The van der Waals surface area contributed by atoms with Crippen molar-refractivity contribution in [2.24, 2.45) is 11.5 Å². The molecular weight excluding hydrogens is 446 g/mol. The summed E-state index contributed by atoms with van der Waals surface area (Å²) < 4.78 is 27.2. The largest absolute Gasteiger partial charge is 0.398 e. The van der Waals surface area contributed by atoms with Crippen LogP contribution in [0.15, 0.2) is 70.8 Å². The van der Waals surface area contributed by atoms with Gasteiger partial charge < -0.3 is 11.5 Å². The molecule has 1 unspecified atom stereocenters. The highest BCUT2D eigenvalue weighted by atomic mass is 35.5. The number of nitrogens with two attached hydrogens (primary N) is 2. The quantitative estimate of drug-likeness (QED) is 0.695. The minimum atomic E-state index is -3.51. The Bertz CT molecular complexity index is 1210. The van der Waals surface area contributed by atoms with Gasteiger partial charge in [0.1, 0.15) is 0 Å². The fourth-order valence-electron chi connectivity index (χ4n) is 4.43. The Hall–Kier alpha value is -2.61. The number of benzene rings is 2. The molecule has 1 atom stereocenters. The van der Waals surface area contributed by atoms with E-state index in [-0.39, 0.29) is 4.90 Å². The molecule has 1 saturated heterocycles. The maximum Gasteiger partial charge on any atom is 0.246 e. The zero-order chi connectivity index (χ0) is 23.1. The third kappa shape index (κ3) is 4.08. The molecule has 6 nitrogen and oxygen atoms in total. The summed E-state index contributed by atoms with van der Waals surface area (Å²) in [7, 11) is -3.51. The Labute approximate surface area is 193 Å². The van der Waals surface area contributed by atoms with Gasteiger partial charge in [-0.2, -0.15) is 4.31 Å². The second-order valence-corrected chi connectivity index (χ2v) is 10.9. The average Bonchev–Trinajstić information content (AvgIpc) is 3.31. The normalized spacial score (nSPS) is 22.1. The summed E-state index contributed by atoms with van der Waals surface area (Å²) in [6, 6.07) is 14.1. The molecular formula is C24H26ClN3O3S. The zero-order valence-electron chi connectivity index (χ0n) is 17.8. The van der Waals surface area contributed by atoms with Crippen LogP contribution in [0.25, 0.3) is 5.57 Å². The summed E-state index contributed by atoms with van der Waals surface area (Å²) in [4.78, 5) is 12.4. The van der Waals surface area contributed by atoms with Gasteiger partial charge in [-0.15, -0.1) is 0 Å². The summed E-state index contributed by atoms with van der Waals surface area (Å²) in [5.74, 6) is -0.568. The number of carbonyl (C=O) groups excluding carboxylic acids is 1. The lowest BCUT2D eigenvalue weighted by atomic mass is 9.71. The number of halogens is 1. The molecule has 0 bridgehead atoms. The van der Waals surface area contributed by atoms with Gasteiger partial charge in [0.05, 0.1) is 4.90 Å². The third-order valence-electron chi connectivity index (χ3n) is 6.29. The molecule has 2 aliphatic rings.